The number of rotatable bonds is 5. The van der Waals surface area contributed by atoms with Crippen LogP contribution < -0.4 is 5.32 Å². The standard InChI is InChI=1S/C19H22BrNO3S/c20-14-7-10-17(11-8-14)25(23)13-16-9-12-18(24-16)19(22)21-15-5-3-1-2-4-6-15/h7-12,15H,1-6,13H2,(H,21,22)/t25-/m0/s1. The van der Waals surface area contributed by atoms with E-state index in [4.69, 9.17) is 4.42 Å². The SMILES string of the molecule is O=C(NC1CCCCCC1)c1ccc(C[S@](=O)c2ccc(Br)cc2)o1. The zero-order valence-electron chi connectivity index (χ0n) is 14.0. The third kappa shape index (κ3) is 5.28. The van der Waals surface area contributed by atoms with Crippen molar-refractivity contribution in [3.63, 3.8) is 0 Å². The minimum Gasteiger partial charge on any atom is -0.455 e. The molecular weight excluding hydrogens is 402 g/mol. The van der Waals surface area contributed by atoms with Crippen LogP contribution in [0.1, 0.15) is 54.8 Å². The Kier molecular flexibility index (Phi) is 6.48. The van der Waals surface area contributed by atoms with E-state index < -0.39 is 10.8 Å². The van der Waals surface area contributed by atoms with Crippen molar-refractivity contribution in [1.82, 2.24) is 5.32 Å². The lowest BCUT2D eigenvalue weighted by molar-refractivity contribution is 0.0904. The van der Waals surface area contributed by atoms with Gasteiger partial charge in [-0.25, -0.2) is 0 Å². The Labute approximate surface area is 159 Å². The fraction of sp³-hybridized carbons (Fsp3) is 0.421. The summed E-state index contributed by atoms with van der Waals surface area (Å²) in [5, 5.41) is 3.07. The van der Waals surface area contributed by atoms with E-state index >= 15 is 0 Å². The zero-order chi connectivity index (χ0) is 17.6. The van der Waals surface area contributed by atoms with Crippen LogP contribution in [0.3, 0.4) is 0 Å². The van der Waals surface area contributed by atoms with E-state index in [0.29, 0.717) is 11.5 Å². The van der Waals surface area contributed by atoms with E-state index in [0.717, 1.165) is 22.2 Å². The van der Waals surface area contributed by atoms with Gasteiger partial charge < -0.3 is 9.73 Å². The summed E-state index contributed by atoms with van der Waals surface area (Å²) in [6, 6.07) is 11.0. The second kappa shape index (κ2) is 8.81. The molecule has 134 valence electrons. The second-order valence-electron chi connectivity index (χ2n) is 6.37. The van der Waals surface area contributed by atoms with Crippen molar-refractivity contribution in [2.24, 2.45) is 0 Å². The summed E-state index contributed by atoms with van der Waals surface area (Å²) >= 11 is 3.36. The molecule has 4 nitrogen and oxygen atoms in total. The van der Waals surface area contributed by atoms with Crippen molar-refractivity contribution in [2.75, 3.05) is 0 Å². The van der Waals surface area contributed by atoms with Crippen LogP contribution in [-0.2, 0) is 16.6 Å². The van der Waals surface area contributed by atoms with Gasteiger partial charge in [-0.05, 0) is 49.2 Å². The highest BCUT2D eigenvalue weighted by Crippen LogP contribution is 2.20. The van der Waals surface area contributed by atoms with E-state index in [2.05, 4.69) is 21.2 Å². The predicted octanol–water partition coefficient (Wildman–Crippen LogP) is 4.80. The second-order valence-corrected chi connectivity index (χ2v) is 8.74. The van der Waals surface area contributed by atoms with Crippen molar-refractivity contribution in [2.45, 2.75) is 55.2 Å². The molecule has 0 spiro atoms. The van der Waals surface area contributed by atoms with Gasteiger partial charge in [0.1, 0.15) is 5.76 Å². The van der Waals surface area contributed by atoms with Crippen molar-refractivity contribution >= 4 is 32.6 Å². The molecule has 1 fully saturated rings. The molecule has 1 heterocycles. The van der Waals surface area contributed by atoms with E-state index in [-0.39, 0.29) is 17.7 Å². The summed E-state index contributed by atoms with van der Waals surface area (Å²) in [6.07, 6.45) is 6.90. The summed E-state index contributed by atoms with van der Waals surface area (Å²) in [6.45, 7) is 0. The number of hydrogen-bond donors (Lipinski definition) is 1. The van der Waals surface area contributed by atoms with Gasteiger partial charge in [0.2, 0.25) is 0 Å². The lowest BCUT2D eigenvalue weighted by atomic mass is 10.1. The fourth-order valence-electron chi connectivity index (χ4n) is 3.06. The Balaban J connectivity index is 1.58. The van der Waals surface area contributed by atoms with Crippen LogP contribution in [0, 0.1) is 0 Å². The van der Waals surface area contributed by atoms with Gasteiger partial charge >= 0.3 is 0 Å². The number of amides is 1. The number of carbonyl (C=O) groups excluding carboxylic acids is 1. The Hall–Kier alpha value is -1.40. The zero-order valence-corrected chi connectivity index (χ0v) is 16.4. The maximum absolute atomic E-state index is 12.4. The van der Waals surface area contributed by atoms with Crippen LogP contribution >= 0.6 is 15.9 Å². The average molecular weight is 424 g/mol. The molecule has 0 aliphatic heterocycles. The molecule has 3 rings (SSSR count). The van der Waals surface area contributed by atoms with Gasteiger partial charge in [0, 0.05) is 15.4 Å². The minimum atomic E-state index is -1.20. The van der Waals surface area contributed by atoms with E-state index in [1.54, 1.807) is 12.1 Å². The molecule has 0 radical (unpaired) electrons. The third-order valence-corrected chi connectivity index (χ3v) is 6.30. The fourth-order valence-corrected chi connectivity index (χ4v) is 4.34. The molecule has 0 bridgehead atoms. The summed E-state index contributed by atoms with van der Waals surface area (Å²) in [5.41, 5.74) is 0. The largest absolute Gasteiger partial charge is 0.455 e. The van der Waals surface area contributed by atoms with Crippen molar-refractivity contribution in [1.29, 1.82) is 0 Å². The van der Waals surface area contributed by atoms with E-state index in [1.807, 2.05) is 24.3 Å². The molecular formula is C19H22BrNO3S. The lowest BCUT2D eigenvalue weighted by Gasteiger charge is -2.14. The quantitative estimate of drug-likeness (QED) is 0.702. The lowest BCUT2D eigenvalue weighted by Crippen LogP contribution is -2.34. The van der Waals surface area contributed by atoms with E-state index in [9.17, 15) is 9.00 Å². The average Bonchev–Trinajstić information content (AvgIpc) is 2.91. The highest BCUT2D eigenvalue weighted by molar-refractivity contribution is 9.10. The van der Waals surface area contributed by atoms with Gasteiger partial charge in [-0.1, -0.05) is 41.6 Å². The van der Waals surface area contributed by atoms with Gasteiger partial charge in [-0.2, -0.15) is 0 Å². The highest BCUT2D eigenvalue weighted by Gasteiger charge is 2.18. The van der Waals surface area contributed by atoms with Crippen LogP contribution in [0.25, 0.3) is 0 Å². The molecule has 1 amide bonds. The van der Waals surface area contributed by atoms with Crippen LogP contribution in [0.5, 0.6) is 0 Å². The molecule has 6 heteroatoms. The predicted molar refractivity (Wildman–Crippen MR) is 102 cm³/mol. The van der Waals surface area contributed by atoms with Crippen LogP contribution in [0.2, 0.25) is 0 Å². The van der Waals surface area contributed by atoms with Crippen molar-refractivity contribution in [3.05, 3.63) is 52.4 Å². The minimum absolute atomic E-state index is 0.174. The molecule has 0 unspecified atom stereocenters. The first kappa shape index (κ1) is 18.4. The molecule has 0 saturated heterocycles. The first-order valence-corrected chi connectivity index (χ1v) is 10.8. The first-order valence-electron chi connectivity index (χ1n) is 8.65. The number of halogens is 1. The van der Waals surface area contributed by atoms with Crippen LogP contribution in [0.15, 0.2) is 50.2 Å². The Morgan fingerprint density at radius 2 is 1.76 bits per heavy atom. The van der Waals surface area contributed by atoms with Crippen molar-refractivity contribution < 1.29 is 13.4 Å². The van der Waals surface area contributed by atoms with Crippen LogP contribution in [-0.4, -0.2) is 16.2 Å². The van der Waals surface area contributed by atoms with Gasteiger partial charge in [-0.3, -0.25) is 9.00 Å². The summed E-state index contributed by atoms with van der Waals surface area (Å²) in [7, 11) is -1.20. The number of benzene rings is 1. The molecule has 1 aromatic carbocycles. The maximum Gasteiger partial charge on any atom is 0.287 e. The van der Waals surface area contributed by atoms with Gasteiger partial charge in [0.05, 0.1) is 16.6 Å². The maximum atomic E-state index is 12.4. The molecule has 2 aromatic rings. The molecule has 1 atom stereocenters. The first-order chi connectivity index (χ1) is 12.1. The van der Waals surface area contributed by atoms with Gasteiger partial charge in [0.25, 0.3) is 5.91 Å². The Bertz CT molecular complexity index is 733. The molecule has 1 aromatic heterocycles. The number of carbonyl (C=O) groups is 1. The topological polar surface area (TPSA) is 59.3 Å². The van der Waals surface area contributed by atoms with Gasteiger partial charge in [0.15, 0.2) is 5.76 Å². The molecule has 1 N–H and O–H groups in total. The smallest absolute Gasteiger partial charge is 0.287 e. The van der Waals surface area contributed by atoms with E-state index in [1.165, 1.54) is 25.7 Å². The Morgan fingerprint density at radius 1 is 1.08 bits per heavy atom. The third-order valence-electron chi connectivity index (χ3n) is 4.43. The molecule has 1 aliphatic carbocycles. The summed E-state index contributed by atoms with van der Waals surface area (Å²) < 4.78 is 19.0. The number of hydrogen-bond acceptors (Lipinski definition) is 3. The number of furan rings is 1. The molecule has 25 heavy (non-hydrogen) atoms. The monoisotopic (exact) mass is 423 g/mol. The van der Waals surface area contributed by atoms with Crippen molar-refractivity contribution in [3.8, 4) is 0 Å². The molecule has 1 saturated carbocycles. The van der Waals surface area contributed by atoms with Gasteiger partial charge in [-0.15, -0.1) is 0 Å². The highest BCUT2D eigenvalue weighted by atomic mass is 79.9. The normalized spacial score (nSPS) is 17.0. The Morgan fingerprint density at radius 3 is 2.44 bits per heavy atom. The molecule has 1 aliphatic rings. The summed E-state index contributed by atoms with van der Waals surface area (Å²) in [5.74, 6) is 0.949. The van der Waals surface area contributed by atoms with Crippen LogP contribution in [0.4, 0.5) is 0 Å². The summed E-state index contributed by atoms with van der Waals surface area (Å²) in [4.78, 5) is 13.1. The number of nitrogens with one attached hydrogen (secondary N) is 1.